The Kier molecular flexibility index (Phi) is 5.66. The van der Waals surface area contributed by atoms with Gasteiger partial charge in [0.25, 0.3) is 5.91 Å². The van der Waals surface area contributed by atoms with Crippen LogP contribution < -0.4 is 5.73 Å². The van der Waals surface area contributed by atoms with Crippen LogP contribution in [-0.4, -0.2) is 27.7 Å². The molecule has 3 rings (SSSR count). The number of carbonyl (C=O) groups is 2. The van der Waals surface area contributed by atoms with Crippen molar-refractivity contribution in [2.24, 2.45) is 5.73 Å². The number of aromatic nitrogens is 1. The smallest absolute Gasteiger partial charge is 0.274 e. The molecular formula is C21H21N3O2S. The molecule has 1 aromatic heterocycles. The molecule has 0 bridgehead atoms. The van der Waals surface area contributed by atoms with Crippen LogP contribution in [0.3, 0.4) is 0 Å². The molecule has 0 radical (unpaired) electrons. The summed E-state index contributed by atoms with van der Waals surface area (Å²) in [5, 5.41) is 0.795. The van der Waals surface area contributed by atoms with E-state index in [0.717, 1.165) is 21.0 Å². The first-order valence-corrected chi connectivity index (χ1v) is 9.46. The van der Waals surface area contributed by atoms with Crippen LogP contribution in [-0.2, 0) is 11.3 Å². The Morgan fingerprint density at radius 3 is 2.26 bits per heavy atom. The van der Waals surface area contributed by atoms with Crippen LogP contribution in [0.1, 0.15) is 28.0 Å². The van der Waals surface area contributed by atoms with Gasteiger partial charge in [0.15, 0.2) is 0 Å². The summed E-state index contributed by atoms with van der Waals surface area (Å²) in [5.74, 6) is -0.846. The molecule has 1 atom stereocenters. The number of aryl methyl sites for hydroxylation is 1. The lowest BCUT2D eigenvalue weighted by Crippen LogP contribution is -2.45. The van der Waals surface area contributed by atoms with Crippen molar-refractivity contribution in [1.29, 1.82) is 0 Å². The highest BCUT2D eigenvalue weighted by Gasteiger charge is 2.29. The van der Waals surface area contributed by atoms with Gasteiger partial charge in [-0.25, -0.2) is 4.98 Å². The first-order chi connectivity index (χ1) is 13.0. The maximum atomic E-state index is 13.4. The minimum Gasteiger partial charge on any atom is -0.368 e. The van der Waals surface area contributed by atoms with E-state index in [0.29, 0.717) is 5.69 Å². The maximum Gasteiger partial charge on any atom is 0.274 e. The van der Waals surface area contributed by atoms with Gasteiger partial charge in [-0.3, -0.25) is 9.59 Å². The average Bonchev–Trinajstić information content (AvgIpc) is 3.08. The zero-order valence-electron chi connectivity index (χ0n) is 15.3. The van der Waals surface area contributed by atoms with Crippen LogP contribution >= 0.6 is 11.3 Å². The van der Waals surface area contributed by atoms with E-state index in [1.165, 1.54) is 16.2 Å². The van der Waals surface area contributed by atoms with Gasteiger partial charge < -0.3 is 10.6 Å². The lowest BCUT2D eigenvalue weighted by atomic mass is 10.1. The summed E-state index contributed by atoms with van der Waals surface area (Å²) in [7, 11) is 0. The zero-order valence-corrected chi connectivity index (χ0v) is 16.1. The molecule has 3 aromatic rings. The largest absolute Gasteiger partial charge is 0.368 e. The monoisotopic (exact) mass is 379 g/mol. The zero-order chi connectivity index (χ0) is 19.4. The van der Waals surface area contributed by atoms with Gasteiger partial charge in [0.2, 0.25) is 5.91 Å². The molecule has 27 heavy (non-hydrogen) atoms. The summed E-state index contributed by atoms with van der Waals surface area (Å²) >= 11 is 1.46. The number of amides is 2. The van der Waals surface area contributed by atoms with Crippen molar-refractivity contribution in [2.45, 2.75) is 26.4 Å². The van der Waals surface area contributed by atoms with Gasteiger partial charge in [0.05, 0.1) is 9.88 Å². The van der Waals surface area contributed by atoms with Gasteiger partial charge in [0, 0.05) is 6.54 Å². The Balaban J connectivity index is 2.01. The number of carbonyl (C=O) groups excluding carboxylic acids is 2. The van der Waals surface area contributed by atoms with Crippen LogP contribution in [0.25, 0.3) is 10.4 Å². The highest BCUT2D eigenvalue weighted by Crippen LogP contribution is 2.31. The minimum atomic E-state index is -0.747. The quantitative estimate of drug-likeness (QED) is 0.710. The van der Waals surface area contributed by atoms with Gasteiger partial charge in [0.1, 0.15) is 11.7 Å². The summed E-state index contributed by atoms with van der Waals surface area (Å²) in [6.45, 7) is 3.80. The van der Waals surface area contributed by atoms with Gasteiger partial charge in [-0.1, -0.05) is 60.7 Å². The van der Waals surface area contributed by atoms with E-state index >= 15 is 0 Å². The van der Waals surface area contributed by atoms with E-state index in [2.05, 4.69) is 4.98 Å². The normalized spacial score (nSPS) is 11.8. The third kappa shape index (κ3) is 4.23. The van der Waals surface area contributed by atoms with Crippen molar-refractivity contribution < 1.29 is 9.59 Å². The van der Waals surface area contributed by atoms with E-state index < -0.39 is 11.9 Å². The van der Waals surface area contributed by atoms with Crippen molar-refractivity contribution in [2.75, 3.05) is 0 Å². The number of hydrogen-bond acceptors (Lipinski definition) is 4. The van der Waals surface area contributed by atoms with E-state index in [4.69, 9.17) is 5.73 Å². The highest BCUT2D eigenvalue weighted by molar-refractivity contribution is 7.15. The summed E-state index contributed by atoms with van der Waals surface area (Å²) in [5.41, 5.74) is 7.72. The molecule has 2 amide bonds. The standard InChI is InChI=1S/C21H21N3O2S/c1-14(20(22)25)24(13-16-9-5-3-6-10-16)21(26)18-19(27-15(2)23-18)17-11-7-4-8-12-17/h3-12,14H,13H2,1-2H3,(H2,22,25)/t14-/m0/s1. The lowest BCUT2D eigenvalue weighted by Gasteiger charge is -2.27. The van der Waals surface area contributed by atoms with Crippen LogP contribution in [0.15, 0.2) is 60.7 Å². The highest BCUT2D eigenvalue weighted by atomic mass is 32.1. The fourth-order valence-electron chi connectivity index (χ4n) is 2.81. The number of hydrogen-bond donors (Lipinski definition) is 1. The van der Waals surface area contributed by atoms with E-state index in [1.54, 1.807) is 6.92 Å². The molecule has 5 nitrogen and oxygen atoms in total. The van der Waals surface area contributed by atoms with Gasteiger partial charge in [-0.15, -0.1) is 11.3 Å². The van der Waals surface area contributed by atoms with E-state index in [-0.39, 0.29) is 12.5 Å². The fraction of sp³-hybridized carbons (Fsp3) is 0.190. The molecule has 0 aliphatic heterocycles. The predicted molar refractivity (Wildman–Crippen MR) is 107 cm³/mol. The summed E-state index contributed by atoms with van der Waals surface area (Å²) in [6.07, 6.45) is 0. The second-order valence-electron chi connectivity index (χ2n) is 6.27. The molecular weight excluding hydrogens is 358 g/mol. The number of nitrogens with two attached hydrogens (primary N) is 1. The Labute approximate surface area is 162 Å². The number of benzene rings is 2. The molecule has 2 N–H and O–H groups in total. The Bertz CT molecular complexity index is 939. The van der Waals surface area contributed by atoms with Crippen LogP contribution in [0, 0.1) is 6.92 Å². The molecule has 6 heteroatoms. The summed E-state index contributed by atoms with van der Waals surface area (Å²) in [6, 6.07) is 18.5. The topological polar surface area (TPSA) is 76.3 Å². The number of thiazole rings is 1. The van der Waals surface area contributed by atoms with Crippen LogP contribution in [0.2, 0.25) is 0 Å². The SMILES string of the molecule is Cc1nc(C(=O)N(Cc2ccccc2)[C@@H](C)C(N)=O)c(-c2ccccc2)s1. The maximum absolute atomic E-state index is 13.4. The third-order valence-corrected chi connectivity index (χ3v) is 5.33. The Morgan fingerprint density at radius 1 is 1.07 bits per heavy atom. The van der Waals surface area contributed by atoms with Gasteiger partial charge in [-0.2, -0.15) is 0 Å². The molecule has 0 saturated heterocycles. The molecule has 0 aliphatic rings. The minimum absolute atomic E-state index is 0.286. The number of nitrogens with zero attached hydrogens (tertiary/aromatic N) is 2. The van der Waals surface area contributed by atoms with Gasteiger partial charge in [-0.05, 0) is 25.0 Å². The third-order valence-electron chi connectivity index (χ3n) is 4.31. The van der Waals surface area contributed by atoms with Crippen molar-refractivity contribution in [3.8, 4) is 10.4 Å². The molecule has 0 fully saturated rings. The summed E-state index contributed by atoms with van der Waals surface area (Å²) in [4.78, 5) is 32.0. The molecule has 0 spiro atoms. The molecule has 2 aromatic carbocycles. The summed E-state index contributed by atoms with van der Waals surface area (Å²) < 4.78 is 0. The van der Waals surface area contributed by atoms with Crippen molar-refractivity contribution in [3.05, 3.63) is 76.9 Å². The average molecular weight is 379 g/mol. The number of primary amides is 1. The fourth-order valence-corrected chi connectivity index (χ4v) is 3.73. The lowest BCUT2D eigenvalue weighted by molar-refractivity contribution is -0.122. The second-order valence-corrected chi connectivity index (χ2v) is 7.48. The van der Waals surface area contributed by atoms with Crippen molar-refractivity contribution >= 4 is 23.2 Å². The molecule has 0 saturated carbocycles. The van der Waals surface area contributed by atoms with Gasteiger partial charge >= 0.3 is 0 Å². The second kappa shape index (κ2) is 8.14. The van der Waals surface area contributed by atoms with Crippen molar-refractivity contribution in [1.82, 2.24) is 9.88 Å². The van der Waals surface area contributed by atoms with E-state index in [1.807, 2.05) is 67.6 Å². The molecule has 1 heterocycles. The first-order valence-electron chi connectivity index (χ1n) is 8.64. The predicted octanol–water partition coefficient (Wildman–Crippen LogP) is 3.63. The Hall–Kier alpha value is -2.99. The number of rotatable bonds is 6. The van der Waals surface area contributed by atoms with Crippen LogP contribution in [0.4, 0.5) is 0 Å². The molecule has 138 valence electrons. The van der Waals surface area contributed by atoms with Crippen LogP contribution in [0.5, 0.6) is 0 Å². The van der Waals surface area contributed by atoms with E-state index in [9.17, 15) is 9.59 Å². The molecule has 0 unspecified atom stereocenters. The Morgan fingerprint density at radius 2 is 1.67 bits per heavy atom. The van der Waals surface area contributed by atoms with Crippen molar-refractivity contribution in [3.63, 3.8) is 0 Å². The molecule has 0 aliphatic carbocycles. The first kappa shape index (κ1) is 18.8.